The summed E-state index contributed by atoms with van der Waals surface area (Å²) >= 11 is 0. The summed E-state index contributed by atoms with van der Waals surface area (Å²) in [5, 5.41) is 3.13. The molecule has 0 saturated carbocycles. The van der Waals surface area contributed by atoms with E-state index in [9.17, 15) is 13.2 Å². The van der Waals surface area contributed by atoms with E-state index in [1.807, 2.05) is 6.07 Å². The summed E-state index contributed by atoms with van der Waals surface area (Å²) in [5.74, 6) is 0.529. The molecule has 1 amide bonds. The Balaban J connectivity index is 2.05. The molecule has 1 aromatic heterocycles. The number of nitrogens with one attached hydrogen (secondary N) is 1. The number of hydrogen-bond donors (Lipinski definition) is 1. The van der Waals surface area contributed by atoms with Crippen LogP contribution in [0.15, 0.2) is 18.2 Å². The maximum atomic E-state index is 12.3. The van der Waals surface area contributed by atoms with Gasteiger partial charge < -0.3 is 10.2 Å². The smallest absolute Gasteiger partial charge is 0.272 e. The van der Waals surface area contributed by atoms with Crippen LogP contribution in [0.2, 0.25) is 0 Å². The lowest BCUT2D eigenvalue weighted by Gasteiger charge is -2.26. The highest BCUT2D eigenvalue weighted by molar-refractivity contribution is 7.91. The van der Waals surface area contributed by atoms with Gasteiger partial charge in [0, 0.05) is 19.6 Å². The maximum Gasteiger partial charge on any atom is 0.272 e. The van der Waals surface area contributed by atoms with E-state index < -0.39 is 9.84 Å². The molecule has 1 aliphatic heterocycles. The number of nitrogens with zero attached hydrogens (tertiary/aromatic N) is 2. The van der Waals surface area contributed by atoms with Gasteiger partial charge in [-0.15, -0.1) is 0 Å². The number of pyridine rings is 1. The highest BCUT2D eigenvalue weighted by Crippen LogP contribution is 2.11. The van der Waals surface area contributed by atoms with Gasteiger partial charge in [-0.1, -0.05) is 13.0 Å². The first-order valence-corrected chi connectivity index (χ1v) is 8.54. The standard InChI is InChI=1S/C13H19N3O3S/c1-2-6-14-12-5-3-4-11(15-12)13(17)16-7-9-20(18,19)10-8-16/h3-5H,2,6-10H2,1H3,(H,14,15). The second kappa shape index (κ2) is 6.21. The van der Waals surface area contributed by atoms with Crippen LogP contribution in [0.5, 0.6) is 0 Å². The molecule has 1 saturated heterocycles. The average molecular weight is 297 g/mol. The molecule has 0 aliphatic carbocycles. The van der Waals surface area contributed by atoms with E-state index in [-0.39, 0.29) is 30.5 Å². The van der Waals surface area contributed by atoms with E-state index in [1.165, 1.54) is 0 Å². The van der Waals surface area contributed by atoms with Crippen molar-refractivity contribution >= 4 is 21.6 Å². The lowest BCUT2D eigenvalue weighted by molar-refractivity contribution is 0.0764. The first-order valence-electron chi connectivity index (χ1n) is 6.72. The molecule has 110 valence electrons. The average Bonchev–Trinajstić information content (AvgIpc) is 2.45. The second-order valence-corrected chi connectivity index (χ2v) is 7.08. The van der Waals surface area contributed by atoms with Crippen molar-refractivity contribution in [3.05, 3.63) is 23.9 Å². The number of rotatable bonds is 4. The molecule has 2 rings (SSSR count). The molecule has 0 spiro atoms. The number of carbonyl (C=O) groups excluding carboxylic acids is 1. The molecule has 7 heteroatoms. The van der Waals surface area contributed by atoms with E-state index in [0.717, 1.165) is 13.0 Å². The fourth-order valence-electron chi connectivity index (χ4n) is 1.98. The van der Waals surface area contributed by atoms with Gasteiger partial charge in [-0.25, -0.2) is 13.4 Å². The Morgan fingerprint density at radius 3 is 2.70 bits per heavy atom. The van der Waals surface area contributed by atoms with Gasteiger partial charge in [-0.2, -0.15) is 0 Å². The van der Waals surface area contributed by atoms with Crippen LogP contribution in [0.1, 0.15) is 23.8 Å². The van der Waals surface area contributed by atoms with Crippen molar-refractivity contribution in [1.82, 2.24) is 9.88 Å². The Kier molecular flexibility index (Phi) is 4.59. The van der Waals surface area contributed by atoms with Crippen LogP contribution >= 0.6 is 0 Å². The molecule has 1 aliphatic rings. The number of carbonyl (C=O) groups is 1. The van der Waals surface area contributed by atoms with Crippen LogP contribution in [0.4, 0.5) is 5.82 Å². The Morgan fingerprint density at radius 1 is 1.35 bits per heavy atom. The van der Waals surface area contributed by atoms with Crippen LogP contribution in [-0.2, 0) is 9.84 Å². The van der Waals surface area contributed by atoms with Crippen molar-refractivity contribution < 1.29 is 13.2 Å². The van der Waals surface area contributed by atoms with Gasteiger partial charge in [0.2, 0.25) is 0 Å². The molecular weight excluding hydrogens is 278 g/mol. The van der Waals surface area contributed by atoms with Crippen molar-refractivity contribution in [3.8, 4) is 0 Å². The van der Waals surface area contributed by atoms with Gasteiger partial charge in [-0.05, 0) is 18.6 Å². The summed E-state index contributed by atoms with van der Waals surface area (Å²) in [5.41, 5.74) is 0.352. The molecule has 0 atom stereocenters. The predicted octanol–water partition coefficient (Wildman–Crippen LogP) is 0.774. The Bertz CT molecular complexity index is 572. The quantitative estimate of drug-likeness (QED) is 0.888. The summed E-state index contributed by atoms with van der Waals surface area (Å²) in [4.78, 5) is 18.1. The van der Waals surface area contributed by atoms with E-state index >= 15 is 0 Å². The topological polar surface area (TPSA) is 79.4 Å². The molecule has 0 radical (unpaired) electrons. The molecule has 1 N–H and O–H groups in total. The first-order chi connectivity index (χ1) is 9.52. The monoisotopic (exact) mass is 297 g/mol. The van der Waals surface area contributed by atoms with Gasteiger partial charge >= 0.3 is 0 Å². The van der Waals surface area contributed by atoms with Crippen LogP contribution in [0, 0.1) is 0 Å². The molecule has 0 aromatic carbocycles. The number of amides is 1. The van der Waals surface area contributed by atoms with Gasteiger partial charge in [0.05, 0.1) is 11.5 Å². The van der Waals surface area contributed by atoms with Crippen LogP contribution in [-0.4, -0.2) is 55.3 Å². The summed E-state index contributed by atoms with van der Waals surface area (Å²) in [7, 11) is -2.98. The van der Waals surface area contributed by atoms with Crippen LogP contribution < -0.4 is 5.32 Å². The Labute approximate surface area is 119 Å². The molecule has 20 heavy (non-hydrogen) atoms. The molecule has 1 fully saturated rings. The summed E-state index contributed by atoms with van der Waals surface area (Å²) in [6.07, 6.45) is 0.976. The second-order valence-electron chi connectivity index (χ2n) is 4.78. The van der Waals surface area contributed by atoms with Gasteiger partial charge in [0.15, 0.2) is 9.84 Å². The van der Waals surface area contributed by atoms with E-state index in [0.29, 0.717) is 11.5 Å². The molecule has 0 bridgehead atoms. The number of anilines is 1. The third-order valence-electron chi connectivity index (χ3n) is 3.16. The number of sulfone groups is 1. The third kappa shape index (κ3) is 3.69. The molecular formula is C13H19N3O3S. The lowest BCUT2D eigenvalue weighted by atomic mass is 10.3. The molecule has 2 heterocycles. The minimum atomic E-state index is -2.98. The van der Waals surface area contributed by atoms with Crippen LogP contribution in [0.3, 0.4) is 0 Å². The zero-order valence-electron chi connectivity index (χ0n) is 11.5. The Morgan fingerprint density at radius 2 is 2.05 bits per heavy atom. The summed E-state index contributed by atoms with van der Waals surface area (Å²) in [6.45, 7) is 3.34. The lowest BCUT2D eigenvalue weighted by Crippen LogP contribution is -2.44. The molecule has 0 unspecified atom stereocenters. The minimum absolute atomic E-state index is 0.0342. The predicted molar refractivity (Wildman–Crippen MR) is 77.6 cm³/mol. The SMILES string of the molecule is CCCNc1cccc(C(=O)N2CCS(=O)(=O)CC2)n1. The summed E-state index contributed by atoms with van der Waals surface area (Å²) in [6, 6.07) is 5.24. The van der Waals surface area contributed by atoms with Gasteiger partial charge in [0.25, 0.3) is 5.91 Å². The number of aromatic nitrogens is 1. The molecule has 1 aromatic rings. The van der Waals surface area contributed by atoms with Gasteiger partial charge in [-0.3, -0.25) is 4.79 Å². The van der Waals surface area contributed by atoms with Crippen LogP contribution in [0.25, 0.3) is 0 Å². The van der Waals surface area contributed by atoms with Crippen molar-refractivity contribution in [2.75, 3.05) is 36.5 Å². The highest BCUT2D eigenvalue weighted by Gasteiger charge is 2.26. The largest absolute Gasteiger partial charge is 0.370 e. The normalized spacial score (nSPS) is 17.8. The zero-order chi connectivity index (χ0) is 14.6. The number of hydrogen-bond acceptors (Lipinski definition) is 5. The molecule has 6 nitrogen and oxygen atoms in total. The third-order valence-corrected chi connectivity index (χ3v) is 4.77. The van der Waals surface area contributed by atoms with Crippen molar-refractivity contribution in [1.29, 1.82) is 0 Å². The van der Waals surface area contributed by atoms with Gasteiger partial charge in [0.1, 0.15) is 11.5 Å². The van der Waals surface area contributed by atoms with E-state index in [2.05, 4.69) is 17.2 Å². The summed E-state index contributed by atoms with van der Waals surface area (Å²) < 4.78 is 22.7. The maximum absolute atomic E-state index is 12.3. The zero-order valence-corrected chi connectivity index (χ0v) is 12.3. The highest BCUT2D eigenvalue weighted by atomic mass is 32.2. The van der Waals surface area contributed by atoms with E-state index in [4.69, 9.17) is 0 Å². The first kappa shape index (κ1) is 14.8. The fraction of sp³-hybridized carbons (Fsp3) is 0.538. The minimum Gasteiger partial charge on any atom is -0.370 e. The fourth-order valence-corrected chi connectivity index (χ4v) is 3.18. The van der Waals surface area contributed by atoms with Crippen molar-refractivity contribution in [3.63, 3.8) is 0 Å². The Hall–Kier alpha value is -1.63. The van der Waals surface area contributed by atoms with E-state index in [1.54, 1.807) is 17.0 Å². The van der Waals surface area contributed by atoms with Crippen molar-refractivity contribution in [2.24, 2.45) is 0 Å². The van der Waals surface area contributed by atoms with Crippen molar-refractivity contribution in [2.45, 2.75) is 13.3 Å².